The minimum absolute atomic E-state index is 0.00655. The molecule has 2 aliphatic rings. The van der Waals surface area contributed by atoms with Gasteiger partial charge < -0.3 is 10.0 Å². The number of hydrogen-bond donors (Lipinski definition) is 4. The van der Waals surface area contributed by atoms with Crippen molar-refractivity contribution >= 4 is 26.7 Å². The smallest absolute Gasteiger partial charge is 0.407 e. The predicted octanol–water partition coefficient (Wildman–Crippen LogP) is 4.22. The first-order valence-corrected chi connectivity index (χ1v) is 13.4. The summed E-state index contributed by atoms with van der Waals surface area (Å²) in [6, 6.07) is 9.89. The average molecular weight is 481 g/mol. The maximum atomic E-state index is 13.2. The van der Waals surface area contributed by atoms with Gasteiger partial charge in [0, 0.05) is 24.5 Å². The van der Waals surface area contributed by atoms with E-state index in [1.54, 1.807) is 25.1 Å². The highest BCUT2D eigenvalue weighted by atomic mass is 32.3. The third-order valence-electron chi connectivity index (χ3n) is 6.50. The van der Waals surface area contributed by atoms with Crippen molar-refractivity contribution in [2.75, 3.05) is 13.1 Å². The van der Waals surface area contributed by atoms with E-state index in [1.165, 1.54) is 11.0 Å². The van der Waals surface area contributed by atoms with Gasteiger partial charge in [0.05, 0.1) is 14.7 Å². The van der Waals surface area contributed by atoms with Gasteiger partial charge in [-0.2, -0.15) is 0 Å². The molecule has 4 N–H and O–H groups in total. The number of sulfonamides is 1. The van der Waals surface area contributed by atoms with Crippen molar-refractivity contribution in [3.8, 4) is 0 Å². The van der Waals surface area contributed by atoms with Crippen molar-refractivity contribution in [2.24, 2.45) is 0 Å². The van der Waals surface area contributed by atoms with Gasteiger partial charge >= 0.3 is 6.09 Å². The molecule has 1 saturated heterocycles. The SMILES string of the molecule is Cc1cc2c(cc1S(=O)(=O)NC1CCN(C(=O)O)CC1)S(O)(O)c1ccccc1C2(C)C. The van der Waals surface area contributed by atoms with Gasteiger partial charge in [0.15, 0.2) is 0 Å². The van der Waals surface area contributed by atoms with Gasteiger partial charge in [-0.15, -0.1) is 10.6 Å². The maximum Gasteiger partial charge on any atom is 0.407 e. The van der Waals surface area contributed by atoms with E-state index < -0.39 is 32.1 Å². The fourth-order valence-electron chi connectivity index (χ4n) is 4.65. The lowest BCUT2D eigenvalue weighted by molar-refractivity contribution is 0.131. The molecule has 0 bridgehead atoms. The standard InChI is InChI=1S/C22H28N2O6S2/c1-14-12-17-20(31(27,28)18-7-5-4-6-16(18)22(17,2)3)13-19(14)32(29,30)23-15-8-10-24(11-9-15)21(25)26/h4-7,12-13,15,23,27-28H,8-11H2,1-3H3,(H,25,26). The number of benzene rings is 2. The molecule has 2 aromatic carbocycles. The molecule has 174 valence electrons. The second-order valence-electron chi connectivity index (χ2n) is 8.95. The molecule has 2 aliphatic heterocycles. The van der Waals surface area contributed by atoms with Gasteiger partial charge in [0.1, 0.15) is 0 Å². The number of nitrogens with zero attached hydrogens (tertiary/aromatic N) is 1. The highest BCUT2D eigenvalue weighted by molar-refractivity contribution is 8.24. The number of piperidine rings is 1. The second kappa shape index (κ2) is 7.74. The minimum atomic E-state index is -3.95. The monoisotopic (exact) mass is 480 g/mol. The molecule has 2 heterocycles. The molecule has 32 heavy (non-hydrogen) atoms. The van der Waals surface area contributed by atoms with Crippen molar-refractivity contribution in [3.63, 3.8) is 0 Å². The Morgan fingerprint density at radius 2 is 1.72 bits per heavy atom. The minimum Gasteiger partial charge on any atom is -0.465 e. The molecule has 0 saturated carbocycles. The van der Waals surface area contributed by atoms with Crippen molar-refractivity contribution in [1.29, 1.82) is 0 Å². The van der Waals surface area contributed by atoms with Crippen molar-refractivity contribution in [3.05, 3.63) is 53.1 Å². The highest BCUT2D eigenvalue weighted by Gasteiger charge is 2.42. The Hall–Kier alpha value is -2.11. The summed E-state index contributed by atoms with van der Waals surface area (Å²) in [4.78, 5) is 13.0. The van der Waals surface area contributed by atoms with Gasteiger partial charge in [0.25, 0.3) is 0 Å². The van der Waals surface area contributed by atoms with Gasteiger partial charge in [-0.3, -0.25) is 9.11 Å². The molecule has 10 heteroatoms. The van der Waals surface area contributed by atoms with Gasteiger partial charge in [-0.05, 0) is 48.6 Å². The number of hydrogen-bond acceptors (Lipinski definition) is 5. The fourth-order valence-corrected chi connectivity index (χ4v) is 8.32. The van der Waals surface area contributed by atoms with E-state index in [-0.39, 0.29) is 28.9 Å². The third kappa shape index (κ3) is 3.69. The van der Waals surface area contributed by atoms with Crippen LogP contribution in [0.5, 0.6) is 0 Å². The van der Waals surface area contributed by atoms with E-state index in [9.17, 15) is 22.3 Å². The molecule has 2 aromatic rings. The van der Waals surface area contributed by atoms with Gasteiger partial charge in [0.2, 0.25) is 10.0 Å². The Morgan fingerprint density at radius 1 is 1.09 bits per heavy atom. The summed E-state index contributed by atoms with van der Waals surface area (Å²) in [5, 5.41) is 9.09. The average Bonchev–Trinajstić information content (AvgIpc) is 2.72. The van der Waals surface area contributed by atoms with E-state index >= 15 is 0 Å². The van der Waals surface area contributed by atoms with Crippen molar-refractivity contribution < 1.29 is 27.4 Å². The van der Waals surface area contributed by atoms with Gasteiger partial charge in [-0.25, -0.2) is 17.9 Å². The van der Waals surface area contributed by atoms with E-state index in [1.807, 2.05) is 26.0 Å². The second-order valence-corrected chi connectivity index (χ2v) is 12.6. The number of carbonyl (C=O) groups is 1. The summed E-state index contributed by atoms with van der Waals surface area (Å²) in [5.74, 6) is 0. The molecule has 0 radical (unpaired) electrons. The zero-order valence-electron chi connectivity index (χ0n) is 18.2. The van der Waals surface area contributed by atoms with Crippen LogP contribution in [0.3, 0.4) is 0 Å². The zero-order chi connectivity index (χ0) is 23.5. The van der Waals surface area contributed by atoms with Crippen LogP contribution < -0.4 is 4.72 Å². The summed E-state index contributed by atoms with van der Waals surface area (Å²) >= 11 is 0. The van der Waals surface area contributed by atoms with E-state index in [4.69, 9.17) is 5.11 Å². The maximum absolute atomic E-state index is 13.2. The molecule has 0 aromatic heterocycles. The summed E-state index contributed by atoms with van der Waals surface area (Å²) in [6.07, 6.45) is -0.249. The first kappa shape index (κ1) is 23.1. The van der Waals surface area contributed by atoms with Crippen molar-refractivity contribution in [1.82, 2.24) is 9.62 Å². The topological polar surface area (TPSA) is 127 Å². The molecular formula is C22H28N2O6S2. The van der Waals surface area contributed by atoms with Crippen LogP contribution in [0.25, 0.3) is 0 Å². The molecule has 0 atom stereocenters. The Balaban J connectivity index is 1.72. The summed E-state index contributed by atoms with van der Waals surface area (Å²) in [5.41, 5.74) is 1.49. The summed E-state index contributed by atoms with van der Waals surface area (Å²) in [7, 11) is -7.34. The van der Waals surface area contributed by atoms with E-state index in [0.717, 1.165) is 5.56 Å². The number of carboxylic acid groups (broad SMARTS) is 1. The zero-order valence-corrected chi connectivity index (χ0v) is 19.8. The molecule has 0 unspecified atom stereocenters. The lowest BCUT2D eigenvalue weighted by atomic mass is 9.77. The van der Waals surface area contributed by atoms with Crippen LogP contribution in [0.15, 0.2) is 51.1 Å². The van der Waals surface area contributed by atoms with Crippen LogP contribution in [0.2, 0.25) is 0 Å². The molecule has 0 aliphatic carbocycles. The molecule has 8 nitrogen and oxygen atoms in total. The summed E-state index contributed by atoms with van der Waals surface area (Å²) in [6.45, 7) is 6.20. The van der Waals surface area contributed by atoms with E-state index in [0.29, 0.717) is 28.9 Å². The lowest BCUT2D eigenvalue weighted by Crippen LogP contribution is -2.46. The first-order chi connectivity index (χ1) is 14.9. The first-order valence-electron chi connectivity index (χ1n) is 10.4. The van der Waals surface area contributed by atoms with Gasteiger partial charge in [-0.1, -0.05) is 38.1 Å². The third-order valence-corrected chi connectivity index (χ3v) is 10.1. The van der Waals surface area contributed by atoms with Crippen LogP contribution in [0.4, 0.5) is 4.79 Å². The lowest BCUT2D eigenvalue weighted by Gasteiger charge is -2.46. The number of aryl methyl sites for hydroxylation is 1. The predicted molar refractivity (Wildman–Crippen MR) is 122 cm³/mol. The van der Waals surface area contributed by atoms with Crippen LogP contribution in [0, 0.1) is 6.92 Å². The number of rotatable bonds is 3. The molecule has 0 spiro atoms. The molecule has 1 amide bonds. The van der Waals surface area contributed by atoms with Crippen LogP contribution in [-0.2, 0) is 15.4 Å². The highest BCUT2D eigenvalue weighted by Crippen LogP contribution is 2.65. The number of amides is 1. The number of likely N-dealkylation sites (tertiary alicyclic amines) is 1. The Labute approximate surface area is 189 Å². The molecular weight excluding hydrogens is 452 g/mol. The van der Waals surface area contributed by atoms with Crippen LogP contribution >= 0.6 is 10.6 Å². The Bertz CT molecular complexity index is 1180. The molecule has 4 rings (SSSR count). The fraction of sp³-hybridized carbons (Fsp3) is 0.409. The van der Waals surface area contributed by atoms with Crippen LogP contribution in [-0.4, -0.2) is 52.8 Å². The Kier molecular flexibility index (Phi) is 5.58. The largest absolute Gasteiger partial charge is 0.465 e. The summed E-state index contributed by atoms with van der Waals surface area (Å²) < 4.78 is 51.5. The van der Waals surface area contributed by atoms with Crippen molar-refractivity contribution in [2.45, 2.75) is 59.8 Å². The number of fused-ring (bicyclic) bond motifs is 2. The molecule has 1 fully saturated rings. The Morgan fingerprint density at radius 3 is 2.34 bits per heavy atom. The van der Waals surface area contributed by atoms with Crippen LogP contribution in [0.1, 0.15) is 43.4 Å². The van der Waals surface area contributed by atoms with E-state index in [2.05, 4.69) is 4.72 Å². The normalized spacial score (nSPS) is 20.8. The number of nitrogens with one attached hydrogen (secondary N) is 1. The quantitative estimate of drug-likeness (QED) is 0.521.